The molecule has 6 heteroatoms. The highest BCUT2D eigenvalue weighted by Crippen LogP contribution is 2.09. The van der Waals surface area contributed by atoms with Crippen LogP contribution >= 0.6 is 0 Å². The van der Waals surface area contributed by atoms with Crippen LogP contribution in [0.4, 0.5) is 5.82 Å². The Morgan fingerprint density at radius 1 is 1.28 bits per heavy atom. The van der Waals surface area contributed by atoms with Gasteiger partial charge in [0.2, 0.25) is 11.5 Å². The molecule has 1 amide bonds. The molecule has 0 aliphatic carbocycles. The van der Waals surface area contributed by atoms with Gasteiger partial charge in [0.05, 0.1) is 0 Å². The minimum Gasteiger partial charge on any atom is -0.379 e. The van der Waals surface area contributed by atoms with Crippen molar-refractivity contribution in [3.8, 4) is 0 Å². The van der Waals surface area contributed by atoms with Crippen LogP contribution in [0.25, 0.3) is 0 Å². The van der Waals surface area contributed by atoms with Crippen LogP contribution in [0, 0.1) is 5.92 Å². The van der Waals surface area contributed by atoms with Gasteiger partial charge < -0.3 is 11.1 Å². The fraction of sp³-hybridized carbons (Fsp3) is 0.750. The summed E-state index contributed by atoms with van der Waals surface area (Å²) < 4.78 is 4.36. The summed E-state index contributed by atoms with van der Waals surface area (Å²) in [6.45, 7) is 5.10. The van der Waals surface area contributed by atoms with Crippen molar-refractivity contribution in [1.82, 2.24) is 15.6 Å². The maximum atomic E-state index is 11.6. The topological polar surface area (TPSA) is 94.0 Å². The number of unbranched alkanes of at least 4 members (excludes halogenated alkanes) is 3. The predicted molar refractivity (Wildman–Crippen MR) is 69.0 cm³/mol. The van der Waals surface area contributed by atoms with E-state index in [-0.39, 0.29) is 17.4 Å². The number of rotatable bonds is 8. The molecular formula is C12H22N4O2. The molecule has 0 unspecified atom stereocenters. The second-order valence-electron chi connectivity index (χ2n) is 4.85. The number of anilines is 1. The van der Waals surface area contributed by atoms with Crippen molar-refractivity contribution >= 4 is 11.7 Å². The lowest BCUT2D eigenvalue weighted by atomic mass is 10.0. The number of carbonyl (C=O) groups is 1. The molecule has 0 atom stereocenters. The first-order valence-corrected chi connectivity index (χ1v) is 6.47. The summed E-state index contributed by atoms with van der Waals surface area (Å²) in [5.74, 6) is 0.479. The Morgan fingerprint density at radius 3 is 2.61 bits per heavy atom. The van der Waals surface area contributed by atoms with E-state index in [2.05, 4.69) is 34.1 Å². The highest BCUT2D eigenvalue weighted by molar-refractivity contribution is 5.95. The molecule has 6 nitrogen and oxygen atoms in total. The van der Waals surface area contributed by atoms with E-state index in [9.17, 15) is 4.79 Å². The van der Waals surface area contributed by atoms with Gasteiger partial charge in [-0.3, -0.25) is 4.79 Å². The first-order chi connectivity index (χ1) is 8.61. The first-order valence-electron chi connectivity index (χ1n) is 6.47. The quantitative estimate of drug-likeness (QED) is 0.692. The molecule has 1 rings (SSSR count). The van der Waals surface area contributed by atoms with Crippen LogP contribution in [0.5, 0.6) is 0 Å². The fourth-order valence-electron chi connectivity index (χ4n) is 1.67. The van der Waals surface area contributed by atoms with Gasteiger partial charge in [-0.25, -0.2) is 4.63 Å². The SMILES string of the molecule is CC(C)CCCCCCNC(=O)c1nonc1N. The van der Waals surface area contributed by atoms with Crippen LogP contribution in [-0.2, 0) is 0 Å². The van der Waals surface area contributed by atoms with Gasteiger partial charge in [0, 0.05) is 6.54 Å². The molecular weight excluding hydrogens is 232 g/mol. The van der Waals surface area contributed by atoms with Gasteiger partial charge in [-0.15, -0.1) is 0 Å². The van der Waals surface area contributed by atoms with Crippen molar-refractivity contribution in [2.45, 2.75) is 46.0 Å². The second kappa shape index (κ2) is 7.68. The Bertz CT molecular complexity index is 363. The zero-order chi connectivity index (χ0) is 13.4. The molecule has 0 fully saturated rings. The molecule has 0 spiro atoms. The predicted octanol–water partition coefficient (Wildman–Crippen LogP) is 1.99. The van der Waals surface area contributed by atoms with Crippen molar-refractivity contribution in [3.05, 3.63) is 5.69 Å². The molecule has 1 aromatic rings. The molecule has 0 aliphatic rings. The number of nitrogens with zero attached hydrogens (tertiary/aromatic N) is 2. The summed E-state index contributed by atoms with van der Waals surface area (Å²) in [6.07, 6.45) is 5.83. The van der Waals surface area contributed by atoms with Crippen LogP contribution in [0.2, 0.25) is 0 Å². The van der Waals surface area contributed by atoms with E-state index in [1.54, 1.807) is 0 Å². The number of hydrogen-bond donors (Lipinski definition) is 2. The molecule has 0 saturated carbocycles. The Kier molecular flexibility index (Phi) is 6.18. The molecule has 1 heterocycles. The molecule has 102 valence electrons. The van der Waals surface area contributed by atoms with Gasteiger partial charge in [-0.2, -0.15) is 0 Å². The van der Waals surface area contributed by atoms with Crippen LogP contribution in [0.15, 0.2) is 4.63 Å². The van der Waals surface area contributed by atoms with Crippen molar-refractivity contribution in [1.29, 1.82) is 0 Å². The number of nitrogen functional groups attached to an aromatic ring is 1. The first kappa shape index (κ1) is 14.5. The average Bonchev–Trinajstić information content (AvgIpc) is 2.73. The number of amides is 1. The van der Waals surface area contributed by atoms with Gasteiger partial charge in [0.1, 0.15) is 0 Å². The maximum absolute atomic E-state index is 11.6. The molecule has 0 aliphatic heterocycles. The monoisotopic (exact) mass is 254 g/mol. The summed E-state index contributed by atoms with van der Waals surface area (Å²) in [5.41, 5.74) is 5.48. The van der Waals surface area contributed by atoms with Gasteiger partial charge in [-0.05, 0) is 22.7 Å². The summed E-state index contributed by atoms with van der Waals surface area (Å²) in [5, 5.41) is 9.54. The Labute approximate surface area is 107 Å². The zero-order valence-electron chi connectivity index (χ0n) is 11.1. The van der Waals surface area contributed by atoms with E-state index in [4.69, 9.17) is 5.73 Å². The normalized spacial score (nSPS) is 10.8. The molecule has 0 aromatic carbocycles. The van der Waals surface area contributed by atoms with E-state index < -0.39 is 0 Å². The third-order valence-corrected chi connectivity index (χ3v) is 2.72. The standard InChI is InChI=1S/C12H22N4O2/c1-9(2)7-5-3-4-6-8-14-12(17)10-11(13)16-18-15-10/h9H,3-8H2,1-2H3,(H2,13,16)(H,14,17). The molecule has 0 bridgehead atoms. The Morgan fingerprint density at radius 2 is 2.00 bits per heavy atom. The molecule has 0 saturated heterocycles. The third-order valence-electron chi connectivity index (χ3n) is 2.72. The average molecular weight is 254 g/mol. The lowest BCUT2D eigenvalue weighted by molar-refractivity contribution is 0.0943. The number of hydrogen-bond acceptors (Lipinski definition) is 5. The number of nitrogens with two attached hydrogens (primary N) is 1. The third kappa shape index (κ3) is 5.16. The van der Waals surface area contributed by atoms with Crippen molar-refractivity contribution < 1.29 is 9.42 Å². The van der Waals surface area contributed by atoms with Crippen molar-refractivity contribution in [2.75, 3.05) is 12.3 Å². The van der Waals surface area contributed by atoms with Crippen LogP contribution in [-0.4, -0.2) is 22.8 Å². The molecule has 0 radical (unpaired) electrons. The number of carbonyl (C=O) groups excluding carboxylic acids is 1. The lowest BCUT2D eigenvalue weighted by Gasteiger charge is -2.05. The van der Waals surface area contributed by atoms with Crippen molar-refractivity contribution in [3.63, 3.8) is 0 Å². The van der Waals surface area contributed by atoms with Gasteiger partial charge in [0.15, 0.2) is 0 Å². The Balaban J connectivity index is 2.05. The van der Waals surface area contributed by atoms with Crippen LogP contribution in [0.1, 0.15) is 56.4 Å². The molecule has 1 aromatic heterocycles. The summed E-state index contributed by atoms with van der Waals surface area (Å²) in [7, 11) is 0. The highest BCUT2D eigenvalue weighted by Gasteiger charge is 2.14. The lowest BCUT2D eigenvalue weighted by Crippen LogP contribution is -2.25. The van der Waals surface area contributed by atoms with Gasteiger partial charge >= 0.3 is 0 Å². The molecule has 3 N–H and O–H groups in total. The zero-order valence-corrected chi connectivity index (χ0v) is 11.1. The minimum atomic E-state index is -0.323. The van der Waals surface area contributed by atoms with E-state index in [1.165, 1.54) is 19.3 Å². The summed E-state index contributed by atoms with van der Waals surface area (Å²) in [4.78, 5) is 11.6. The summed E-state index contributed by atoms with van der Waals surface area (Å²) >= 11 is 0. The number of aromatic nitrogens is 2. The minimum absolute atomic E-state index is 0.0319. The fourth-order valence-corrected chi connectivity index (χ4v) is 1.67. The van der Waals surface area contributed by atoms with Gasteiger partial charge in [0.25, 0.3) is 5.91 Å². The van der Waals surface area contributed by atoms with Crippen molar-refractivity contribution in [2.24, 2.45) is 5.92 Å². The van der Waals surface area contributed by atoms with E-state index in [1.807, 2.05) is 0 Å². The van der Waals surface area contributed by atoms with Gasteiger partial charge in [-0.1, -0.05) is 39.5 Å². The Hall–Kier alpha value is -1.59. The maximum Gasteiger partial charge on any atom is 0.277 e. The smallest absolute Gasteiger partial charge is 0.277 e. The van der Waals surface area contributed by atoms with Crippen LogP contribution < -0.4 is 11.1 Å². The largest absolute Gasteiger partial charge is 0.379 e. The highest BCUT2D eigenvalue weighted by atomic mass is 16.6. The van der Waals surface area contributed by atoms with Crippen LogP contribution in [0.3, 0.4) is 0 Å². The molecule has 18 heavy (non-hydrogen) atoms. The van der Waals surface area contributed by atoms with E-state index in [0.29, 0.717) is 6.54 Å². The van der Waals surface area contributed by atoms with E-state index >= 15 is 0 Å². The number of nitrogens with one attached hydrogen (secondary N) is 1. The second-order valence-corrected chi connectivity index (χ2v) is 4.85. The summed E-state index contributed by atoms with van der Waals surface area (Å²) in [6, 6.07) is 0. The van der Waals surface area contributed by atoms with E-state index in [0.717, 1.165) is 18.8 Å².